The van der Waals surface area contributed by atoms with E-state index < -0.39 is 0 Å². The van der Waals surface area contributed by atoms with Crippen molar-refractivity contribution in [3.63, 3.8) is 0 Å². The van der Waals surface area contributed by atoms with Gasteiger partial charge in [-0.25, -0.2) is 9.97 Å². The summed E-state index contributed by atoms with van der Waals surface area (Å²) < 4.78 is 0. The van der Waals surface area contributed by atoms with E-state index in [-0.39, 0.29) is 0 Å². The van der Waals surface area contributed by atoms with Gasteiger partial charge in [-0.2, -0.15) is 5.26 Å². The molecule has 4 nitrogen and oxygen atoms in total. The lowest BCUT2D eigenvalue weighted by Crippen LogP contribution is -2.08. The minimum absolute atomic E-state index is 0.335. The molecule has 0 saturated carbocycles. The van der Waals surface area contributed by atoms with E-state index in [1.807, 2.05) is 12.1 Å². The van der Waals surface area contributed by atoms with Gasteiger partial charge in [0.05, 0.1) is 0 Å². The lowest BCUT2D eigenvalue weighted by atomic mass is 10.1. The molecule has 0 unspecified atom stereocenters. The van der Waals surface area contributed by atoms with E-state index in [0.717, 1.165) is 13.0 Å². The van der Waals surface area contributed by atoms with E-state index in [1.54, 1.807) is 6.20 Å². The molecule has 0 saturated heterocycles. The molecular weight excluding hydrogens is 224 g/mol. The summed E-state index contributed by atoms with van der Waals surface area (Å²) in [7, 11) is 0. The van der Waals surface area contributed by atoms with Crippen LogP contribution in [0.5, 0.6) is 0 Å². The maximum absolute atomic E-state index is 8.88. The molecule has 0 spiro atoms. The van der Waals surface area contributed by atoms with Gasteiger partial charge in [0.25, 0.3) is 0 Å². The summed E-state index contributed by atoms with van der Waals surface area (Å²) in [6.45, 7) is 2.81. The molecule has 0 aliphatic rings. The fraction of sp³-hybridized carbons (Fsp3) is 0.214. The standard InChI is InChI=1S/C14H14N4/c1-11-3-2-4-12(9-11)5-6-17-14-13(10-15)16-7-8-18-14/h2-4,7-9H,5-6H2,1H3,(H,17,18). The van der Waals surface area contributed by atoms with Crippen molar-refractivity contribution in [1.82, 2.24) is 9.97 Å². The van der Waals surface area contributed by atoms with Crippen LogP contribution in [0.15, 0.2) is 36.7 Å². The normalized spacial score (nSPS) is 9.78. The molecule has 0 atom stereocenters. The van der Waals surface area contributed by atoms with Crippen LogP contribution in [0.3, 0.4) is 0 Å². The number of aryl methyl sites for hydroxylation is 1. The predicted octanol–water partition coefficient (Wildman–Crippen LogP) is 2.31. The average Bonchev–Trinajstić information content (AvgIpc) is 2.39. The number of aromatic nitrogens is 2. The molecule has 0 amide bonds. The second-order valence-corrected chi connectivity index (χ2v) is 4.03. The van der Waals surface area contributed by atoms with Crippen molar-refractivity contribution >= 4 is 5.82 Å². The number of nitrogens with zero attached hydrogens (tertiary/aromatic N) is 3. The van der Waals surface area contributed by atoms with Gasteiger partial charge in [-0.3, -0.25) is 0 Å². The minimum atomic E-state index is 0.335. The number of rotatable bonds is 4. The van der Waals surface area contributed by atoms with Crippen LogP contribution in [0.4, 0.5) is 5.82 Å². The van der Waals surface area contributed by atoms with E-state index in [2.05, 4.69) is 40.4 Å². The van der Waals surface area contributed by atoms with Gasteiger partial charge in [0.1, 0.15) is 6.07 Å². The van der Waals surface area contributed by atoms with Crippen molar-refractivity contribution in [3.05, 3.63) is 53.5 Å². The number of nitriles is 1. The van der Waals surface area contributed by atoms with Crippen LogP contribution in [-0.4, -0.2) is 16.5 Å². The fourth-order valence-electron chi connectivity index (χ4n) is 1.74. The van der Waals surface area contributed by atoms with Gasteiger partial charge in [-0.15, -0.1) is 0 Å². The summed E-state index contributed by atoms with van der Waals surface area (Å²) in [6.07, 6.45) is 3.99. The Morgan fingerprint density at radius 1 is 1.28 bits per heavy atom. The first-order valence-electron chi connectivity index (χ1n) is 5.80. The Balaban J connectivity index is 1.95. The fourth-order valence-corrected chi connectivity index (χ4v) is 1.74. The molecule has 2 aromatic rings. The molecule has 0 aliphatic heterocycles. The third kappa shape index (κ3) is 3.05. The zero-order valence-corrected chi connectivity index (χ0v) is 10.2. The lowest BCUT2D eigenvalue weighted by Gasteiger charge is -2.06. The number of benzene rings is 1. The maximum Gasteiger partial charge on any atom is 0.182 e. The molecule has 0 radical (unpaired) electrons. The van der Waals surface area contributed by atoms with Crippen LogP contribution in [0, 0.1) is 18.3 Å². The first-order chi connectivity index (χ1) is 8.79. The van der Waals surface area contributed by atoms with Gasteiger partial charge < -0.3 is 5.32 Å². The van der Waals surface area contributed by atoms with Crippen LogP contribution >= 0.6 is 0 Å². The monoisotopic (exact) mass is 238 g/mol. The van der Waals surface area contributed by atoms with Gasteiger partial charge in [0, 0.05) is 18.9 Å². The molecule has 1 aromatic carbocycles. The van der Waals surface area contributed by atoms with Crippen LogP contribution < -0.4 is 5.32 Å². The van der Waals surface area contributed by atoms with Gasteiger partial charge in [0.15, 0.2) is 11.5 Å². The summed E-state index contributed by atoms with van der Waals surface area (Å²) in [6, 6.07) is 10.4. The molecular formula is C14H14N4. The molecule has 0 aliphatic carbocycles. The quantitative estimate of drug-likeness (QED) is 0.887. The average molecular weight is 238 g/mol. The van der Waals surface area contributed by atoms with Crippen molar-refractivity contribution in [2.45, 2.75) is 13.3 Å². The SMILES string of the molecule is Cc1cccc(CCNc2nccnc2C#N)c1. The molecule has 90 valence electrons. The molecule has 1 heterocycles. The first kappa shape index (κ1) is 12.1. The smallest absolute Gasteiger partial charge is 0.182 e. The van der Waals surface area contributed by atoms with Crippen molar-refractivity contribution in [2.24, 2.45) is 0 Å². The third-order valence-corrected chi connectivity index (χ3v) is 2.59. The number of hydrogen-bond donors (Lipinski definition) is 1. The maximum atomic E-state index is 8.88. The molecule has 1 N–H and O–H groups in total. The van der Waals surface area contributed by atoms with Crippen molar-refractivity contribution < 1.29 is 0 Å². The Bertz CT molecular complexity index is 572. The Morgan fingerprint density at radius 3 is 2.89 bits per heavy atom. The van der Waals surface area contributed by atoms with Crippen molar-refractivity contribution in [2.75, 3.05) is 11.9 Å². The molecule has 18 heavy (non-hydrogen) atoms. The van der Waals surface area contributed by atoms with E-state index in [1.165, 1.54) is 17.3 Å². The number of nitrogens with one attached hydrogen (secondary N) is 1. The van der Waals surface area contributed by atoms with Gasteiger partial charge in [0.2, 0.25) is 0 Å². The highest BCUT2D eigenvalue weighted by molar-refractivity contribution is 5.46. The highest BCUT2D eigenvalue weighted by Crippen LogP contribution is 2.08. The summed E-state index contributed by atoms with van der Waals surface area (Å²) in [5.41, 5.74) is 2.86. The Labute approximate surface area is 106 Å². The van der Waals surface area contributed by atoms with Gasteiger partial charge in [-0.05, 0) is 18.9 Å². The Morgan fingerprint density at radius 2 is 2.11 bits per heavy atom. The summed E-state index contributed by atoms with van der Waals surface area (Å²) >= 11 is 0. The second kappa shape index (κ2) is 5.78. The Kier molecular flexibility index (Phi) is 3.87. The van der Waals surface area contributed by atoms with Crippen LogP contribution in [-0.2, 0) is 6.42 Å². The Hall–Kier alpha value is -2.41. The summed E-state index contributed by atoms with van der Waals surface area (Å²) in [4.78, 5) is 8.05. The van der Waals surface area contributed by atoms with Crippen LogP contribution in [0.1, 0.15) is 16.8 Å². The molecule has 2 rings (SSSR count). The van der Waals surface area contributed by atoms with Gasteiger partial charge in [-0.1, -0.05) is 29.8 Å². The van der Waals surface area contributed by atoms with E-state index in [9.17, 15) is 0 Å². The second-order valence-electron chi connectivity index (χ2n) is 4.03. The van der Waals surface area contributed by atoms with Crippen molar-refractivity contribution in [1.29, 1.82) is 5.26 Å². The molecule has 4 heteroatoms. The zero-order chi connectivity index (χ0) is 12.8. The predicted molar refractivity (Wildman–Crippen MR) is 70.1 cm³/mol. The highest BCUT2D eigenvalue weighted by Gasteiger charge is 2.02. The van der Waals surface area contributed by atoms with E-state index >= 15 is 0 Å². The zero-order valence-electron chi connectivity index (χ0n) is 10.2. The molecule has 0 bridgehead atoms. The number of anilines is 1. The number of hydrogen-bond acceptors (Lipinski definition) is 4. The first-order valence-corrected chi connectivity index (χ1v) is 5.80. The largest absolute Gasteiger partial charge is 0.367 e. The lowest BCUT2D eigenvalue weighted by molar-refractivity contribution is 0.993. The van der Waals surface area contributed by atoms with E-state index in [4.69, 9.17) is 5.26 Å². The summed E-state index contributed by atoms with van der Waals surface area (Å²) in [5, 5.41) is 12.0. The molecule has 0 fully saturated rings. The third-order valence-electron chi connectivity index (χ3n) is 2.59. The van der Waals surface area contributed by atoms with Crippen LogP contribution in [0.25, 0.3) is 0 Å². The summed E-state index contributed by atoms with van der Waals surface area (Å²) in [5.74, 6) is 0.549. The van der Waals surface area contributed by atoms with Crippen molar-refractivity contribution in [3.8, 4) is 6.07 Å². The van der Waals surface area contributed by atoms with E-state index in [0.29, 0.717) is 11.5 Å². The topological polar surface area (TPSA) is 61.6 Å². The van der Waals surface area contributed by atoms with Gasteiger partial charge >= 0.3 is 0 Å². The molecule has 1 aromatic heterocycles. The van der Waals surface area contributed by atoms with Crippen LogP contribution in [0.2, 0.25) is 0 Å². The highest BCUT2D eigenvalue weighted by atomic mass is 15.0. The minimum Gasteiger partial charge on any atom is -0.367 e.